The van der Waals surface area contributed by atoms with Gasteiger partial charge in [-0.3, -0.25) is 0 Å². The van der Waals surface area contributed by atoms with Crippen LogP contribution in [-0.4, -0.2) is 82.5 Å². The number of hydrogen-bond acceptors (Lipinski definition) is 13. The van der Waals surface area contributed by atoms with Gasteiger partial charge in [0.1, 0.15) is 0 Å². The highest BCUT2D eigenvalue weighted by Crippen LogP contribution is 2.43. The Balaban J connectivity index is 0.000000518. The molecule has 13 nitrogen and oxygen atoms in total. The van der Waals surface area contributed by atoms with Gasteiger partial charge in [-0.1, -0.05) is 53.7 Å². The third-order valence-corrected chi connectivity index (χ3v) is 10.7. The third-order valence-electron chi connectivity index (χ3n) is 10.7. The van der Waals surface area contributed by atoms with Crippen molar-refractivity contribution in [3.8, 4) is 40.2 Å². The number of aromatic hydroxyl groups is 1. The predicted molar refractivity (Wildman–Crippen MR) is 267 cm³/mol. The van der Waals surface area contributed by atoms with Gasteiger partial charge in [0.2, 0.25) is 5.75 Å². The number of rotatable bonds is 30. The van der Waals surface area contributed by atoms with Crippen molar-refractivity contribution in [3.63, 3.8) is 0 Å². The average molecular weight is 947 g/mol. The van der Waals surface area contributed by atoms with Gasteiger partial charge in [-0.05, 0) is 173 Å². The topological polar surface area (TPSA) is 131 Å². The summed E-state index contributed by atoms with van der Waals surface area (Å²) >= 11 is 0. The SMILES string of the molecule is CCOC(C)Oc1cc(C(C)CC)cc(OC(C)OCC)c1OC(C)OCC.CCOC(C)Oc1ccc(C(C)CC)cc1O.CCOC(C)Oc1ccc(C(C)CC)cc1OC(C)OCC. The van der Waals surface area contributed by atoms with Gasteiger partial charge in [-0.15, -0.1) is 0 Å². The summed E-state index contributed by atoms with van der Waals surface area (Å²) in [6, 6.07) is 15.6. The van der Waals surface area contributed by atoms with Crippen LogP contribution in [-0.2, 0) is 28.4 Å². The maximum absolute atomic E-state index is 9.87. The Hall–Kier alpha value is -3.98. The van der Waals surface area contributed by atoms with Crippen molar-refractivity contribution in [3.05, 3.63) is 65.2 Å². The molecule has 0 radical (unpaired) electrons. The van der Waals surface area contributed by atoms with Crippen LogP contribution in [0.2, 0.25) is 0 Å². The number of benzene rings is 3. The van der Waals surface area contributed by atoms with E-state index in [1.54, 1.807) is 12.1 Å². The summed E-state index contributed by atoms with van der Waals surface area (Å²) in [5.41, 5.74) is 3.47. The van der Waals surface area contributed by atoms with Crippen LogP contribution >= 0.6 is 0 Å². The van der Waals surface area contributed by atoms with Crippen molar-refractivity contribution in [2.24, 2.45) is 0 Å². The fourth-order valence-electron chi connectivity index (χ4n) is 6.51. The minimum absolute atomic E-state index is 0.175. The lowest BCUT2D eigenvalue weighted by Crippen LogP contribution is -2.22. The molecule has 0 saturated carbocycles. The average Bonchev–Trinajstić information content (AvgIpc) is 3.28. The van der Waals surface area contributed by atoms with E-state index in [4.69, 9.17) is 56.8 Å². The molecule has 3 aromatic rings. The minimum atomic E-state index is -0.450. The van der Waals surface area contributed by atoms with E-state index in [1.165, 1.54) is 5.56 Å². The van der Waals surface area contributed by atoms with E-state index in [1.807, 2.05) is 113 Å². The zero-order chi connectivity index (χ0) is 50.5. The summed E-state index contributed by atoms with van der Waals surface area (Å²) in [6.07, 6.45) is 0.861. The minimum Gasteiger partial charge on any atom is -0.504 e. The maximum Gasteiger partial charge on any atom is 0.206 e. The summed E-state index contributed by atoms with van der Waals surface area (Å²) in [6.45, 7) is 39.2. The molecule has 384 valence electrons. The largest absolute Gasteiger partial charge is 0.504 e. The normalized spacial score (nSPS) is 15.1. The molecular weight excluding hydrogens is 857 g/mol. The highest BCUT2D eigenvalue weighted by Gasteiger charge is 2.23. The molecule has 0 amide bonds. The van der Waals surface area contributed by atoms with Crippen LogP contribution in [0.25, 0.3) is 0 Å². The molecule has 0 spiro atoms. The van der Waals surface area contributed by atoms with Crippen molar-refractivity contribution in [1.82, 2.24) is 0 Å². The lowest BCUT2D eigenvalue weighted by molar-refractivity contribution is -0.0849. The van der Waals surface area contributed by atoms with Gasteiger partial charge in [-0.25, -0.2) is 0 Å². The number of phenolic OH excluding ortho intramolecular Hbond substituents is 1. The van der Waals surface area contributed by atoms with Crippen LogP contribution < -0.4 is 28.4 Å². The Morgan fingerprint density at radius 3 is 0.970 bits per heavy atom. The van der Waals surface area contributed by atoms with Gasteiger partial charge in [0, 0.05) is 39.6 Å². The molecule has 0 aliphatic rings. The second-order valence-electron chi connectivity index (χ2n) is 16.1. The van der Waals surface area contributed by atoms with E-state index < -0.39 is 18.9 Å². The standard InChI is InChI=1S/C22H38O6.C18H30O4.C14H22O3/c1-9-15(5)19-13-20(26-16(6)23-10-2)22(28-18(8)25-12-4)21(14-19)27-17(7)24-11-3;1-7-13(4)16-10-11-17(21-14(5)19-8-2)18(12-16)22-15(6)20-9-3;1-5-10(3)12-7-8-14(13(15)9-12)17-11(4)16-6-2/h13-18H,9-12H2,1-8H3;10-15H,7-9H2,1-6H3;7-11,15H,5-6H2,1-4H3. The van der Waals surface area contributed by atoms with E-state index in [0.29, 0.717) is 91.9 Å². The summed E-state index contributed by atoms with van der Waals surface area (Å²) in [5, 5.41) is 9.87. The number of hydrogen-bond donors (Lipinski definition) is 1. The monoisotopic (exact) mass is 947 g/mol. The maximum atomic E-state index is 9.87. The highest BCUT2D eigenvalue weighted by atomic mass is 16.7. The Morgan fingerprint density at radius 1 is 0.328 bits per heavy atom. The second kappa shape index (κ2) is 34.3. The number of ether oxygens (including phenoxy) is 12. The number of phenols is 1. The molecule has 1 N–H and O–H groups in total. The van der Waals surface area contributed by atoms with E-state index in [2.05, 4.69) is 47.6 Å². The molecule has 67 heavy (non-hydrogen) atoms. The fourth-order valence-corrected chi connectivity index (χ4v) is 6.51. The van der Waals surface area contributed by atoms with Crippen molar-refractivity contribution in [2.75, 3.05) is 39.6 Å². The zero-order valence-electron chi connectivity index (χ0n) is 44.5. The van der Waals surface area contributed by atoms with E-state index in [9.17, 15) is 5.11 Å². The molecule has 3 aromatic carbocycles. The summed E-state index contributed by atoms with van der Waals surface area (Å²) < 4.78 is 68.3. The summed E-state index contributed by atoms with van der Waals surface area (Å²) in [4.78, 5) is 0. The van der Waals surface area contributed by atoms with Crippen LogP contribution in [0, 0.1) is 0 Å². The van der Waals surface area contributed by atoms with Crippen LogP contribution in [0.1, 0.15) is 178 Å². The molecule has 0 saturated heterocycles. The van der Waals surface area contributed by atoms with Crippen LogP contribution in [0.5, 0.6) is 40.2 Å². The summed E-state index contributed by atoms with van der Waals surface area (Å²) in [5.74, 6) is 4.92. The van der Waals surface area contributed by atoms with Gasteiger partial charge < -0.3 is 61.9 Å². The molecule has 0 aromatic heterocycles. The fraction of sp³-hybridized carbons (Fsp3) is 0.667. The molecule has 13 heteroatoms. The van der Waals surface area contributed by atoms with Gasteiger partial charge in [-0.2, -0.15) is 0 Å². The summed E-state index contributed by atoms with van der Waals surface area (Å²) in [7, 11) is 0. The van der Waals surface area contributed by atoms with Crippen molar-refractivity contribution in [1.29, 1.82) is 0 Å². The van der Waals surface area contributed by atoms with E-state index >= 15 is 0 Å². The first-order chi connectivity index (χ1) is 31.9. The Kier molecular flexibility index (Phi) is 31.3. The first-order valence-corrected chi connectivity index (χ1v) is 24.8. The Labute approximate surface area is 405 Å². The molecule has 3 rings (SSSR count). The zero-order valence-corrected chi connectivity index (χ0v) is 44.5. The van der Waals surface area contributed by atoms with Gasteiger partial charge >= 0.3 is 0 Å². The van der Waals surface area contributed by atoms with E-state index in [-0.39, 0.29) is 24.6 Å². The van der Waals surface area contributed by atoms with Crippen molar-refractivity contribution in [2.45, 2.75) is 199 Å². The Bertz CT molecular complexity index is 1700. The molecule has 9 atom stereocenters. The quantitative estimate of drug-likeness (QED) is 0.0637. The molecule has 0 aliphatic heterocycles. The first kappa shape index (κ1) is 61.0. The molecule has 0 bridgehead atoms. The van der Waals surface area contributed by atoms with Crippen LogP contribution in [0.15, 0.2) is 48.5 Å². The molecule has 9 unspecified atom stereocenters. The predicted octanol–water partition coefficient (Wildman–Crippen LogP) is 13.9. The smallest absolute Gasteiger partial charge is 0.206 e. The lowest BCUT2D eigenvalue weighted by atomic mass is 9.98. The van der Waals surface area contributed by atoms with Crippen LogP contribution in [0.4, 0.5) is 0 Å². The molecular formula is C54H90O13. The highest BCUT2D eigenvalue weighted by molar-refractivity contribution is 5.55. The van der Waals surface area contributed by atoms with Gasteiger partial charge in [0.05, 0.1) is 0 Å². The molecule has 0 heterocycles. The van der Waals surface area contributed by atoms with Gasteiger partial charge in [0.25, 0.3) is 0 Å². The van der Waals surface area contributed by atoms with Gasteiger partial charge in [0.15, 0.2) is 72.2 Å². The first-order valence-electron chi connectivity index (χ1n) is 24.8. The third kappa shape index (κ3) is 23.3. The van der Waals surface area contributed by atoms with E-state index in [0.717, 1.165) is 30.4 Å². The van der Waals surface area contributed by atoms with Crippen molar-refractivity contribution >= 4 is 0 Å². The lowest BCUT2D eigenvalue weighted by Gasteiger charge is -2.25. The van der Waals surface area contributed by atoms with Crippen molar-refractivity contribution < 1.29 is 61.9 Å². The van der Waals surface area contributed by atoms with Crippen LogP contribution in [0.3, 0.4) is 0 Å². The molecule has 0 fully saturated rings. The Morgan fingerprint density at radius 2 is 0.612 bits per heavy atom. The molecule has 0 aliphatic carbocycles. The second-order valence-corrected chi connectivity index (χ2v) is 16.1.